The maximum atomic E-state index is 13.7. The minimum absolute atomic E-state index is 0.311. The first-order valence-electron chi connectivity index (χ1n) is 6.28. The summed E-state index contributed by atoms with van der Waals surface area (Å²) in [6, 6.07) is 9.11. The standard InChI is InChI=1S/C15H10BrClF2N2/c16-11-7-14-13(8-12(11)19)20-15(5-6-17)21(14)10-3-1-9(18)2-4-10/h1-4,7-8H,5-6H2. The van der Waals surface area contributed by atoms with Crippen molar-refractivity contribution in [3.05, 3.63) is 58.3 Å². The molecule has 0 radical (unpaired) electrons. The van der Waals surface area contributed by atoms with Gasteiger partial charge < -0.3 is 0 Å². The average Bonchev–Trinajstić information content (AvgIpc) is 2.78. The largest absolute Gasteiger partial charge is 0.296 e. The minimum atomic E-state index is -0.372. The lowest BCUT2D eigenvalue weighted by atomic mass is 10.2. The molecule has 1 aromatic heterocycles. The molecule has 0 atom stereocenters. The topological polar surface area (TPSA) is 17.8 Å². The van der Waals surface area contributed by atoms with Gasteiger partial charge >= 0.3 is 0 Å². The lowest BCUT2D eigenvalue weighted by Crippen LogP contribution is -2.02. The Balaban J connectivity index is 2.29. The van der Waals surface area contributed by atoms with Crippen LogP contribution in [0.5, 0.6) is 0 Å². The van der Waals surface area contributed by atoms with Gasteiger partial charge in [-0.3, -0.25) is 4.57 Å². The number of benzene rings is 2. The van der Waals surface area contributed by atoms with Crippen LogP contribution in [0.2, 0.25) is 0 Å². The highest BCUT2D eigenvalue weighted by Crippen LogP contribution is 2.27. The molecule has 3 rings (SSSR count). The lowest BCUT2D eigenvalue weighted by Gasteiger charge is -2.08. The predicted molar refractivity (Wildman–Crippen MR) is 83.1 cm³/mol. The highest BCUT2D eigenvalue weighted by molar-refractivity contribution is 9.10. The molecule has 0 aliphatic carbocycles. The molecule has 6 heteroatoms. The number of rotatable bonds is 3. The van der Waals surface area contributed by atoms with Crippen LogP contribution in [0.1, 0.15) is 5.82 Å². The molecule has 0 unspecified atom stereocenters. The van der Waals surface area contributed by atoms with Gasteiger partial charge in [-0.2, -0.15) is 0 Å². The van der Waals surface area contributed by atoms with Crippen molar-refractivity contribution in [2.75, 3.05) is 5.88 Å². The first-order valence-corrected chi connectivity index (χ1v) is 7.61. The van der Waals surface area contributed by atoms with Gasteiger partial charge in [-0.1, -0.05) is 0 Å². The van der Waals surface area contributed by atoms with Crippen LogP contribution in [0.4, 0.5) is 8.78 Å². The molecule has 1 heterocycles. The van der Waals surface area contributed by atoms with Crippen LogP contribution in [-0.4, -0.2) is 15.4 Å². The van der Waals surface area contributed by atoms with E-state index in [1.54, 1.807) is 18.2 Å². The summed E-state index contributed by atoms with van der Waals surface area (Å²) in [7, 11) is 0. The molecule has 3 aromatic rings. The minimum Gasteiger partial charge on any atom is -0.296 e. The Bertz CT molecular complexity index is 800. The van der Waals surface area contributed by atoms with Gasteiger partial charge in [0.2, 0.25) is 0 Å². The number of halogens is 4. The van der Waals surface area contributed by atoms with Crippen molar-refractivity contribution in [1.82, 2.24) is 9.55 Å². The number of aryl methyl sites for hydroxylation is 1. The summed E-state index contributed by atoms with van der Waals surface area (Å²) in [5, 5.41) is 0. The Morgan fingerprint density at radius 1 is 1.14 bits per heavy atom. The predicted octanol–water partition coefficient (Wildman–Crippen LogP) is 4.85. The van der Waals surface area contributed by atoms with Gasteiger partial charge in [0.05, 0.1) is 15.5 Å². The van der Waals surface area contributed by atoms with Crippen molar-refractivity contribution in [2.45, 2.75) is 6.42 Å². The summed E-state index contributed by atoms with van der Waals surface area (Å²) in [6.45, 7) is 0. The molecule has 0 saturated carbocycles. The lowest BCUT2D eigenvalue weighted by molar-refractivity contribution is 0.623. The molecule has 0 aliphatic heterocycles. The fourth-order valence-electron chi connectivity index (χ4n) is 2.25. The summed E-state index contributed by atoms with van der Waals surface area (Å²) in [4.78, 5) is 4.43. The molecule has 2 nitrogen and oxygen atoms in total. The summed E-state index contributed by atoms with van der Waals surface area (Å²) in [5.74, 6) is 0.427. The zero-order valence-electron chi connectivity index (χ0n) is 10.8. The molecule has 0 bridgehead atoms. The van der Waals surface area contributed by atoms with Crippen molar-refractivity contribution >= 4 is 38.6 Å². The number of hydrogen-bond donors (Lipinski definition) is 0. The Labute approximate surface area is 133 Å². The SMILES string of the molecule is Fc1ccc(-n2c(CCCl)nc3cc(F)c(Br)cc32)cc1. The van der Waals surface area contributed by atoms with Crippen LogP contribution >= 0.6 is 27.5 Å². The van der Waals surface area contributed by atoms with Gasteiger partial charge in [0.25, 0.3) is 0 Å². The molecule has 0 saturated heterocycles. The number of aromatic nitrogens is 2. The van der Waals surface area contributed by atoms with E-state index in [-0.39, 0.29) is 11.6 Å². The molecule has 0 aliphatic rings. The maximum absolute atomic E-state index is 13.7. The number of nitrogens with zero attached hydrogens (tertiary/aromatic N) is 2. The molecule has 2 aromatic carbocycles. The Morgan fingerprint density at radius 2 is 1.86 bits per heavy atom. The second kappa shape index (κ2) is 5.73. The molecular weight excluding hydrogens is 362 g/mol. The van der Waals surface area contributed by atoms with Crippen molar-refractivity contribution in [2.24, 2.45) is 0 Å². The molecule has 108 valence electrons. The molecule has 21 heavy (non-hydrogen) atoms. The monoisotopic (exact) mass is 370 g/mol. The van der Waals surface area contributed by atoms with Crippen LogP contribution in [0.25, 0.3) is 16.7 Å². The van der Waals surface area contributed by atoms with E-state index in [4.69, 9.17) is 11.6 Å². The highest BCUT2D eigenvalue weighted by atomic mass is 79.9. The maximum Gasteiger partial charge on any atom is 0.139 e. The van der Waals surface area contributed by atoms with Crippen LogP contribution in [-0.2, 0) is 6.42 Å². The average molecular weight is 372 g/mol. The van der Waals surface area contributed by atoms with Crippen molar-refractivity contribution < 1.29 is 8.78 Å². The van der Waals surface area contributed by atoms with E-state index in [0.29, 0.717) is 28.1 Å². The van der Waals surface area contributed by atoms with Crippen LogP contribution in [0.15, 0.2) is 40.9 Å². The van der Waals surface area contributed by atoms with E-state index in [2.05, 4.69) is 20.9 Å². The molecule has 0 N–H and O–H groups in total. The first kappa shape index (κ1) is 14.5. The van der Waals surface area contributed by atoms with Crippen molar-refractivity contribution in [1.29, 1.82) is 0 Å². The number of hydrogen-bond acceptors (Lipinski definition) is 1. The normalized spacial score (nSPS) is 11.2. The number of imidazole rings is 1. The number of alkyl halides is 1. The summed E-state index contributed by atoms with van der Waals surface area (Å²) < 4.78 is 29.0. The van der Waals surface area contributed by atoms with E-state index in [0.717, 1.165) is 11.2 Å². The third-order valence-electron chi connectivity index (χ3n) is 3.17. The zero-order valence-corrected chi connectivity index (χ0v) is 13.1. The van der Waals surface area contributed by atoms with E-state index >= 15 is 0 Å². The van der Waals surface area contributed by atoms with E-state index in [1.165, 1.54) is 18.2 Å². The van der Waals surface area contributed by atoms with Crippen LogP contribution < -0.4 is 0 Å². The summed E-state index contributed by atoms with van der Waals surface area (Å²) >= 11 is 8.99. The second-order valence-electron chi connectivity index (χ2n) is 4.53. The summed E-state index contributed by atoms with van der Waals surface area (Å²) in [6.07, 6.45) is 0.535. The fraction of sp³-hybridized carbons (Fsp3) is 0.133. The van der Waals surface area contributed by atoms with Gasteiger partial charge in [0, 0.05) is 24.1 Å². The second-order valence-corrected chi connectivity index (χ2v) is 5.77. The van der Waals surface area contributed by atoms with E-state index in [1.807, 2.05) is 4.57 Å². The van der Waals surface area contributed by atoms with Gasteiger partial charge in [0.1, 0.15) is 17.5 Å². The Kier molecular flexibility index (Phi) is 3.95. The molecule has 0 fully saturated rings. The van der Waals surface area contributed by atoms with Gasteiger partial charge in [-0.15, -0.1) is 11.6 Å². The molecule has 0 spiro atoms. The Morgan fingerprint density at radius 3 is 2.52 bits per heavy atom. The van der Waals surface area contributed by atoms with Gasteiger partial charge in [0.15, 0.2) is 0 Å². The van der Waals surface area contributed by atoms with Crippen molar-refractivity contribution in [3.63, 3.8) is 0 Å². The third kappa shape index (κ3) is 2.68. The molecule has 0 amide bonds. The third-order valence-corrected chi connectivity index (χ3v) is 3.97. The van der Waals surface area contributed by atoms with E-state index in [9.17, 15) is 8.78 Å². The van der Waals surface area contributed by atoms with Gasteiger partial charge in [-0.25, -0.2) is 13.8 Å². The summed E-state index contributed by atoms with van der Waals surface area (Å²) in [5.41, 5.74) is 2.05. The van der Waals surface area contributed by atoms with Crippen LogP contribution in [0, 0.1) is 11.6 Å². The fourth-order valence-corrected chi connectivity index (χ4v) is 2.75. The quantitative estimate of drug-likeness (QED) is 0.602. The van der Waals surface area contributed by atoms with E-state index < -0.39 is 0 Å². The zero-order chi connectivity index (χ0) is 15.0. The molecular formula is C15H10BrClF2N2. The van der Waals surface area contributed by atoms with Crippen molar-refractivity contribution in [3.8, 4) is 5.69 Å². The van der Waals surface area contributed by atoms with Crippen LogP contribution in [0.3, 0.4) is 0 Å². The first-order chi connectivity index (χ1) is 10.1. The smallest absolute Gasteiger partial charge is 0.139 e. The number of fused-ring (bicyclic) bond motifs is 1. The van der Waals surface area contributed by atoms with Gasteiger partial charge in [-0.05, 0) is 46.3 Å². The highest BCUT2D eigenvalue weighted by Gasteiger charge is 2.14. The Hall–Kier alpha value is -1.46.